The van der Waals surface area contributed by atoms with Crippen molar-refractivity contribution in [3.8, 4) is 0 Å². The van der Waals surface area contributed by atoms with Crippen molar-refractivity contribution >= 4 is 23.4 Å². The van der Waals surface area contributed by atoms with Crippen molar-refractivity contribution in [2.75, 3.05) is 0 Å². The highest BCUT2D eigenvalue weighted by molar-refractivity contribution is 6.30. The molecule has 3 heteroatoms. The number of rotatable bonds is 1. The molecule has 12 heavy (non-hydrogen) atoms. The fraction of sp³-hybridized carbons (Fsp3) is 0. The smallest absolute Gasteiger partial charge is 0.0590 e. The summed E-state index contributed by atoms with van der Waals surface area (Å²) in [4.78, 5) is 0. The molecule has 0 fully saturated rings. The van der Waals surface area contributed by atoms with E-state index < -0.39 is 0 Å². The minimum Gasteiger partial charge on any atom is -0.158 e. The van der Waals surface area contributed by atoms with Gasteiger partial charge in [0.1, 0.15) is 0 Å². The lowest BCUT2D eigenvalue weighted by atomic mass is 10.1. The Hall–Kier alpha value is -1.28. The van der Waals surface area contributed by atoms with E-state index in [1.54, 1.807) is 12.4 Å². The van der Waals surface area contributed by atoms with Crippen molar-refractivity contribution in [3.05, 3.63) is 41.1 Å². The Morgan fingerprint density at radius 1 is 1.08 bits per heavy atom. The van der Waals surface area contributed by atoms with E-state index in [-0.39, 0.29) is 0 Å². The maximum atomic E-state index is 5.74. The zero-order valence-corrected chi connectivity index (χ0v) is 6.99. The van der Waals surface area contributed by atoms with Crippen molar-refractivity contribution in [2.45, 2.75) is 0 Å². The molecule has 59 valence electrons. The van der Waals surface area contributed by atoms with E-state index in [1.807, 2.05) is 24.3 Å². The van der Waals surface area contributed by atoms with Gasteiger partial charge in [-0.05, 0) is 17.7 Å². The van der Waals surface area contributed by atoms with Crippen LogP contribution in [-0.2, 0) is 0 Å². The van der Waals surface area contributed by atoms with Crippen molar-refractivity contribution in [2.24, 2.45) is 5.10 Å². The van der Waals surface area contributed by atoms with Crippen molar-refractivity contribution in [1.82, 2.24) is 5.43 Å². The summed E-state index contributed by atoms with van der Waals surface area (Å²) in [6.45, 7) is 0. The highest BCUT2D eigenvalue weighted by Gasteiger charge is 2.02. The largest absolute Gasteiger partial charge is 0.158 e. The van der Waals surface area contributed by atoms with Gasteiger partial charge in [-0.3, -0.25) is 0 Å². The second-order valence-corrected chi connectivity index (χ2v) is 2.89. The Bertz CT molecular complexity index is 338. The van der Waals surface area contributed by atoms with E-state index in [0.29, 0.717) is 0 Å². The topological polar surface area (TPSA) is 26.5 Å². The Morgan fingerprint density at radius 2 is 1.83 bits per heavy atom. The third kappa shape index (κ3) is 1.34. The van der Waals surface area contributed by atoms with Gasteiger partial charge in [-0.15, -0.1) is 0 Å². The summed E-state index contributed by atoms with van der Waals surface area (Å²) in [5.74, 6) is 0. The minimum absolute atomic E-state index is 0.742. The maximum Gasteiger partial charge on any atom is 0.0590 e. The summed E-state index contributed by atoms with van der Waals surface area (Å²) in [6, 6.07) is 7.59. The average molecular weight is 178 g/mol. The number of hydrogen-bond acceptors (Lipinski definition) is 1. The lowest BCUT2D eigenvalue weighted by Gasteiger charge is -1.96. The molecule has 0 spiro atoms. The molecule has 1 heterocycles. The zero-order valence-electron chi connectivity index (χ0n) is 6.24. The number of nitrogens with zero attached hydrogens (tertiary/aromatic N) is 2. The lowest BCUT2D eigenvalue weighted by molar-refractivity contribution is 0.977. The predicted octanol–water partition coefficient (Wildman–Crippen LogP) is 2.28. The van der Waals surface area contributed by atoms with Crippen molar-refractivity contribution < 1.29 is 0 Å². The fourth-order valence-electron chi connectivity index (χ4n) is 1.02. The van der Waals surface area contributed by atoms with Crippen molar-refractivity contribution in [1.29, 1.82) is 0 Å². The van der Waals surface area contributed by atoms with Crippen LogP contribution in [0.15, 0.2) is 35.6 Å². The standard InChI is InChI=1S/C9H6ClN2/c10-9-3-1-7(2-4-9)8-5-11-12-6-8/h1-6H. The molecule has 0 bridgehead atoms. The fourth-order valence-corrected chi connectivity index (χ4v) is 1.14. The van der Waals surface area contributed by atoms with Gasteiger partial charge in [0, 0.05) is 10.6 Å². The first kappa shape index (κ1) is 7.37. The van der Waals surface area contributed by atoms with Crippen LogP contribution in [0.4, 0.5) is 0 Å². The van der Waals surface area contributed by atoms with Gasteiger partial charge in [0.15, 0.2) is 0 Å². The van der Waals surface area contributed by atoms with Crippen LogP contribution >= 0.6 is 11.6 Å². The Morgan fingerprint density at radius 3 is 2.42 bits per heavy atom. The van der Waals surface area contributed by atoms with Gasteiger partial charge in [-0.1, -0.05) is 23.7 Å². The number of halogens is 1. The van der Waals surface area contributed by atoms with E-state index in [9.17, 15) is 0 Å². The number of hydrogen-bond donors (Lipinski definition) is 0. The normalized spacial score (nSPS) is 14.2. The van der Waals surface area contributed by atoms with E-state index in [1.165, 1.54) is 0 Å². The minimum atomic E-state index is 0.742. The maximum absolute atomic E-state index is 5.74. The van der Waals surface area contributed by atoms with Crippen LogP contribution in [0.2, 0.25) is 5.02 Å². The Balaban J connectivity index is 2.35. The molecule has 0 aromatic heterocycles. The first-order valence-electron chi connectivity index (χ1n) is 3.55. The monoisotopic (exact) mass is 177 g/mol. The van der Waals surface area contributed by atoms with Crippen LogP contribution in [0.25, 0.3) is 5.57 Å². The van der Waals surface area contributed by atoms with Crippen LogP contribution in [0, 0.1) is 0 Å². The molecular weight excluding hydrogens is 172 g/mol. The van der Waals surface area contributed by atoms with Gasteiger partial charge >= 0.3 is 0 Å². The van der Waals surface area contributed by atoms with Crippen LogP contribution in [0.3, 0.4) is 0 Å². The highest BCUT2D eigenvalue weighted by Crippen LogP contribution is 2.17. The van der Waals surface area contributed by atoms with Crippen LogP contribution in [0.1, 0.15) is 5.56 Å². The van der Waals surface area contributed by atoms with Crippen LogP contribution in [-0.4, -0.2) is 6.21 Å². The third-order valence-electron chi connectivity index (χ3n) is 1.64. The highest BCUT2D eigenvalue weighted by atomic mass is 35.5. The summed E-state index contributed by atoms with van der Waals surface area (Å²) in [5, 5.41) is 4.48. The van der Waals surface area contributed by atoms with Crippen LogP contribution in [0.5, 0.6) is 0 Å². The van der Waals surface area contributed by atoms with E-state index in [4.69, 9.17) is 11.6 Å². The van der Waals surface area contributed by atoms with Gasteiger partial charge in [0.05, 0.1) is 12.4 Å². The lowest BCUT2D eigenvalue weighted by Crippen LogP contribution is -1.81. The molecular formula is C9H6ClN2. The summed E-state index contributed by atoms with van der Waals surface area (Å²) >= 11 is 5.74. The molecule has 0 saturated heterocycles. The van der Waals surface area contributed by atoms with Crippen LogP contribution < -0.4 is 5.43 Å². The molecule has 0 atom stereocenters. The third-order valence-corrected chi connectivity index (χ3v) is 1.89. The summed E-state index contributed by atoms with van der Waals surface area (Å²) in [7, 11) is 0. The van der Waals surface area contributed by atoms with Crippen molar-refractivity contribution in [3.63, 3.8) is 0 Å². The number of benzene rings is 1. The molecule has 2 rings (SSSR count). The van der Waals surface area contributed by atoms with Gasteiger partial charge in [-0.2, -0.15) is 10.5 Å². The quantitative estimate of drug-likeness (QED) is 0.629. The summed E-state index contributed by atoms with van der Waals surface area (Å²) < 4.78 is 0. The average Bonchev–Trinajstić information content (AvgIpc) is 2.58. The van der Waals surface area contributed by atoms with Gasteiger partial charge in [0.2, 0.25) is 0 Å². The molecule has 0 amide bonds. The summed E-state index contributed by atoms with van der Waals surface area (Å²) in [6.07, 6.45) is 3.45. The first-order valence-corrected chi connectivity index (χ1v) is 3.93. The molecule has 0 saturated carbocycles. The van der Waals surface area contributed by atoms with E-state index in [2.05, 4.69) is 10.5 Å². The molecule has 0 N–H and O–H groups in total. The van der Waals surface area contributed by atoms with E-state index in [0.717, 1.165) is 16.2 Å². The second-order valence-electron chi connectivity index (χ2n) is 2.45. The molecule has 0 unspecified atom stereocenters. The second kappa shape index (κ2) is 2.99. The summed E-state index contributed by atoms with van der Waals surface area (Å²) in [5.41, 5.74) is 5.85. The number of allylic oxidation sites excluding steroid dienone is 1. The Kier molecular flexibility index (Phi) is 1.84. The molecule has 1 aliphatic rings. The van der Waals surface area contributed by atoms with Gasteiger partial charge in [0.25, 0.3) is 0 Å². The van der Waals surface area contributed by atoms with E-state index >= 15 is 0 Å². The molecule has 1 aromatic rings. The SMILES string of the molecule is Clc1ccc(C2=C[N]N=C2)cc1. The zero-order chi connectivity index (χ0) is 8.39. The molecule has 0 aliphatic carbocycles. The van der Waals surface area contributed by atoms with Gasteiger partial charge in [-0.25, -0.2) is 0 Å². The predicted molar refractivity (Wildman–Crippen MR) is 50.1 cm³/mol. The molecule has 2 nitrogen and oxygen atoms in total. The Labute approximate surface area is 75.5 Å². The molecule has 1 aromatic carbocycles. The first-order chi connectivity index (χ1) is 5.86. The molecule has 1 radical (unpaired) electrons. The molecule has 1 aliphatic heterocycles. The van der Waals surface area contributed by atoms with Gasteiger partial charge < -0.3 is 0 Å².